The number of hydrogen-bond donors (Lipinski definition) is 3. The number of primary amides is 1. The second-order valence-corrected chi connectivity index (χ2v) is 7.32. The van der Waals surface area contributed by atoms with Crippen molar-refractivity contribution in [2.45, 2.75) is 32.7 Å². The Bertz CT molecular complexity index is 979. The Morgan fingerprint density at radius 1 is 1.19 bits per heavy atom. The molecule has 27 heavy (non-hydrogen) atoms. The summed E-state index contributed by atoms with van der Waals surface area (Å²) in [5.41, 5.74) is 8.10. The standard InChI is InChI=1S/C20H22N4O3/c1-20(2,3)17-10-14(23-24-17)11-22-19(26)13-6-4-5-12(9-13)15-7-8-16(27-15)18(21)25/h4-10H,11H2,1-3H3,(H2,21,25)(H,22,26)(H,23,24). The molecule has 0 atom stereocenters. The van der Waals surface area contributed by atoms with Gasteiger partial charge in [-0.2, -0.15) is 5.10 Å². The third kappa shape index (κ3) is 4.25. The minimum absolute atomic E-state index is 0.0557. The Hall–Kier alpha value is -3.35. The van der Waals surface area contributed by atoms with Gasteiger partial charge in [0.2, 0.25) is 0 Å². The highest BCUT2D eigenvalue weighted by Crippen LogP contribution is 2.23. The van der Waals surface area contributed by atoms with Crippen molar-refractivity contribution in [3.8, 4) is 11.3 Å². The Morgan fingerprint density at radius 3 is 2.59 bits per heavy atom. The van der Waals surface area contributed by atoms with Gasteiger partial charge in [0, 0.05) is 16.5 Å². The van der Waals surface area contributed by atoms with Crippen LogP contribution in [0.1, 0.15) is 53.1 Å². The Kier molecular flexibility index (Phi) is 4.85. The third-order valence-corrected chi connectivity index (χ3v) is 4.10. The molecule has 140 valence electrons. The van der Waals surface area contributed by atoms with Crippen molar-refractivity contribution in [2.24, 2.45) is 5.73 Å². The van der Waals surface area contributed by atoms with Gasteiger partial charge in [0.15, 0.2) is 5.76 Å². The van der Waals surface area contributed by atoms with E-state index in [4.69, 9.17) is 10.2 Å². The van der Waals surface area contributed by atoms with Gasteiger partial charge in [0.05, 0.1) is 17.9 Å². The van der Waals surface area contributed by atoms with Crippen LogP contribution in [0.2, 0.25) is 0 Å². The first-order valence-corrected chi connectivity index (χ1v) is 8.57. The topological polar surface area (TPSA) is 114 Å². The van der Waals surface area contributed by atoms with E-state index in [2.05, 4.69) is 36.3 Å². The lowest BCUT2D eigenvalue weighted by Gasteiger charge is -2.13. The maximum Gasteiger partial charge on any atom is 0.284 e. The molecule has 2 aromatic heterocycles. The molecular weight excluding hydrogens is 344 g/mol. The highest BCUT2D eigenvalue weighted by molar-refractivity contribution is 5.95. The molecule has 0 fully saturated rings. The van der Waals surface area contributed by atoms with Crippen LogP contribution in [0.3, 0.4) is 0 Å². The summed E-state index contributed by atoms with van der Waals surface area (Å²) in [6, 6.07) is 12.1. The minimum atomic E-state index is -0.635. The van der Waals surface area contributed by atoms with E-state index in [0.29, 0.717) is 23.4 Å². The molecule has 7 heteroatoms. The van der Waals surface area contributed by atoms with Gasteiger partial charge >= 0.3 is 0 Å². The number of hydrogen-bond acceptors (Lipinski definition) is 4. The fraction of sp³-hybridized carbons (Fsp3) is 0.250. The second kappa shape index (κ2) is 7.11. The number of aromatic amines is 1. The number of carbonyl (C=O) groups is 2. The normalized spacial score (nSPS) is 11.4. The van der Waals surface area contributed by atoms with E-state index in [0.717, 1.165) is 11.4 Å². The van der Waals surface area contributed by atoms with Gasteiger partial charge in [-0.15, -0.1) is 0 Å². The average Bonchev–Trinajstić information content (AvgIpc) is 3.29. The van der Waals surface area contributed by atoms with E-state index in [-0.39, 0.29) is 17.1 Å². The number of rotatable bonds is 5. The zero-order chi connectivity index (χ0) is 19.6. The molecule has 4 N–H and O–H groups in total. The molecule has 2 amide bonds. The summed E-state index contributed by atoms with van der Waals surface area (Å²) in [7, 11) is 0. The summed E-state index contributed by atoms with van der Waals surface area (Å²) < 4.78 is 5.41. The number of aromatic nitrogens is 2. The molecule has 7 nitrogen and oxygen atoms in total. The van der Waals surface area contributed by atoms with Crippen molar-refractivity contribution in [1.82, 2.24) is 15.5 Å². The number of furan rings is 1. The smallest absolute Gasteiger partial charge is 0.284 e. The van der Waals surface area contributed by atoms with Crippen LogP contribution in [0.15, 0.2) is 46.9 Å². The highest BCUT2D eigenvalue weighted by atomic mass is 16.3. The molecule has 0 aliphatic rings. The molecule has 2 heterocycles. The molecule has 0 spiro atoms. The highest BCUT2D eigenvalue weighted by Gasteiger charge is 2.17. The lowest BCUT2D eigenvalue weighted by molar-refractivity contribution is 0.0948. The van der Waals surface area contributed by atoms with Gasteiger partial charge in [0.1, 0.15) is 5.76 Å². The Morgan fingerprint density at radius 2 is 1.96 bits per heavy atom. The van der Waals surface area contributed by atoms with Crippen LogP contribution in [-0.4, -0.2) is 22.0 Å². The second-order valence-electron chi connectivity index (χ2n) is 7.32. The van der Waals surface area contributed by atoms with Crippen molar-refractivity contribution in [2.75, 3.05) is 0 Å². The number of amides is 2. The Balaban J connectivity index is 1.70. The first-order chi connectivity index (χ1) is 12.7. The van der Waals surface area contributed by atoms with Crippen molar-refractivity contribution >= 4 is 11.8 Å². The third-order valence-electron chi connectivity index (χ3n) is 4.10. The molecule has 3 rings (SSSR count). The van der Waals surface area contributed by atoms with E-state index < -0.39 is 5.91 Å². The van der Waals surface area contributed by atoms with Crippen LogP contribution in [0.25, 0.3) is 11.3 Å². The summed E-state index contributed by atoms with van der Waals surface area (Å²) in [4.78, 5) is 23.6. The van der Waals surface area contributed by atoms with Gasteiger partial charge in [0.25, 0.3) is 11.8 Å². The predicted octanol–water partition coefficient (Wildman–Crippen LogP) is 3.00. The van der Waals surface area contributed by atoms with Crippen molar-refractivity contribution < 1.29 is 14.0 Å². The summed E-state index contributed by atoms with van der Waals surface area (Å²) in [6.45, 7) is 6.58. The number of carbonyl (C=O) groups excluding carboxylic acids is 2. The molecule has 0 saturated heterocycles. The van der Waals surface area contributed by atoms with E-state index >= 15 is 0 Å². The summed E-state index contributed by atoms with van der Waals surface area (Å²) in [5.74, 6) is -0.301. The number of nitrogens with zero attached hydrogens (tertiary/aromatic N) is 1. The SMILES string of the molecule is CC(C)(C)c1cc(CNC(=O)c2cccc(-c3ccc(C(N)=O)o3)c2)[nH]n1. The first-order valence-electron chi connectivity index (χ1n) is 8.57. The number of nitrogens with two attached hydrogens (primary N) is 1. The maximum absolute atomic E-state index is 12.5. The largest absolute Gasteiger partial charge is 0.451 e. The van der Waals surface area contributed by atoms with Crippen LogP contribution in [0.4, 0.5) is 0 Å². The van der Waals surface area contributed by atoms with Crippen LogP contribution in [0.5, 0.6) is 0 Å². The van der Waals surface area contributed by atoms with Crippen LogP contribution in [-0.2, 0) is 12.0 Å². The molecular formula is C20H22N4O3. The molecule has 0 bridgehead atoms. The minimum Gasteiger partial charge on any atom is -0.451 e. The molecule has 3 aromatic rings. The molecule has 0 aliphatic carbocycles. The fourth-order valence-electron chi connectivity index (χ4n) is 2.55. The molecule has 0 unspecified atom stereocenters. The van der Waals surface area contributed by atoms with Crippen LogP contribution in [0, 0.1) is 0 Å². The number of H-pyrrole nitrogens is 1. The van der Waals surface area contributed by atoms with Gasteiger partial charge in [-0.1, -0.05) is 32.9 Å². The number of benzene rings is 1. The van der Waals surface area contributed by atoms with E-state index in [1.165, 1.54) is 6.07 Å². The van der Waals surface area contributed by atoms with Crippen LogP contribution >= 0.6 is 0 Å². The van der Waals surface area contributed by atoms with Gasteiger partial charge in [-0.25, -0.2) is 0 Å². The quantitative estimate of drug-likeness (QED) is 0.644. The molecule has 0 radical (unpaired) electrons. The monoisotopic (exact) mass is 366 g/mol. The van der Waals surface area contributed by atoms with E-state index in [1.54, 1.807) is 30.3 Å². The summed E-state index contributed by atoms with van der Waals surface area (Å²) >= 11 is 0. The van der Waals surface area contributed by atoms with Gasteiger partial charge in [-0.3, -0.25) is 14.7 Å². The fourth-order valence-corrected chi connectivity index (χ4v) is 2.55. The maximum atomic E-state index is 12.5. The lowest BCUT2D eigenvalue weighted by atomic mass is 9.92. The molecule has 1 aromatic carbocycles. The van der Waals surface area contributed by atoms with E-state index in [1.807, 2.05) is 6.07 Å². The Labute approximate surface area is 157 Å². The zero-order valence-electron chi connectivity index (χ0n) is 15.5. The predicted molar refractivity (Wildman–Crippen MR) is 101 cm³/mol. The summed E-state index contributed by atoms with van der Waals surface area (Å²) in [6.07, 6.45) is 0. The summed E-state index contributed by atoms with van der Waals surface area (Å²) in [5, 5.41) is 10.1. The van der Waals surface area contributed by atoms with Crippen molar-refractivity contribution in [3.05, 3.63) is 65.2 Å². The van der Waals surface area contributed by atoms with Gasteiger partial charge in [-0.05, 0) is 30.3 Å². The number of nitrogens with one attached hydrogen (secondary N) is 2. The van der Waals surface area contributed by atoms with E-state index in [9.17, 15) is 9.59 Å². The molecule has 0 aliphatic heterocycles. The lowest BCUT2D eigenvalue weighted by Crippen LogP contribution is -2.23. The van der Waals surface area contributed by atoms with Crippen molar-refractivity contribution in [1.29, 1.82) is 0 Å². The first kappa shape index (κ1) is 18.4. The van der Waals surface area contributed by atoms with Crippen LogP contribution < -0.4 is 11.1 Å². The zero-order valence-corrected chi connectivity index (χ0v) is 15.5. The molecule has 0 saturated carbocycles. The average molecular weight is 366 g/mol. The van der Waals surface area contributed by atoms with Gasteiger partial charge < -0.3 is 15.5 Å². The van der Waals surface area contributed by atoms with Crippen molar-refractivity contribution in [3.63, 3.8) is 0 Å².